The number of Topliss-reactive ketones (excluding diaryl/α,β-unsaturated/α-hetero) is 1. The van der Waals surface area contributed by atoms with Crippen LogP contribution in [0.2, 0.25) is 0 Å². The van der Waals surface area contributed by atoms with Gasteiger partial charge < -0.3 is 4.40 Å². The average Bonchev–Trinajstić information content (AvgIpc) is 2.73. The lowest BCUT2D eigenvalue weighted by Gasteiger charge is -2.05. The molecule has 0 amide bonds. The molecule has 0 aliphatic rings. The number of aromatic nitrogens is 1. The number of carbonyl (C=O) groups is 2. The van der Waals surface area contributed by atoms with E-state index >= 15 is 0 Å². The van der Waals surface area contributed by atoms with E-state index in [0.717, 1.165) is 10.5 Å². The van der Waals surface area contributed by atoms with Gasteiger partial charge in [-0.15, -0.1) is 0 Å². The molecule has 0 unspecified atom stereocenters. The number of hydrogen-bond donors (Lipinski definition) is 0. The van der Waals surface area contributed by atoms with Crippen molar-refractivity contribution in [2.75, 3.05) is 0 Å². The largest absolute Gasteiger partial charge is 0.454 e. The summed E-state index contributed by atoms with van der Waals surface area (Å²) in [7, 11) is 0. The Kier molecular flexibility index (Phi) is 4.30. The van der Waals surface area contributed by atoms with E-state index in [9.17, 15) is 35.9 Å². The number of allylic oxidation sites excluding steroid dienone is 1. The normalized spacial score (nSPS) is 13.0. The average molecular weight is 349 g/mol. The van der Waals surface area contributed by atoms with E-state index in [4.69, 9.17) is 0 Å². The Morgan fingerprint density at radius 1 is 1.04 bits per heavy atom. The Bertz CT molecular complexity index is 842. The van der Waals surface area contributed by atoms with Gasteiger partial charge in [0.05, 0.1) is 11.1 Å². The maximum atomic E-state index is 12.7. The van der Waals surface area contributed by atoms with Crippen LogP contribution in [0.5, 0.6) is 0 Å². The molecular weight excluding hydrogens is 340 g/mol. The molecule has 0 fully saturated rings. The number of rotatable bonds is 3. The van der Waals surface area contributed by atoms with Gasteiger partial charge in [-0.1, -0.05) is 6.07 Å². The van der Waals surface area contributed by atoms with Gasteiger partial charge in [0.2, 0.25) is 0 Å². The van der Waals surface area contributed by atoms with Crippen LogP contribution in [-0.4, -0.2) is 28.3 Å². The van der Waals surface area contributed by atoms with E-state index < -0.39 is 29.5 Å². The van der Waals surface area contributed by atoms with Crippen molar-refractivity contribution in [3.05, 3.63) is 47.3 Å². The van der Waals surface area contributed by atoms with E-state index in [1.54, 1.807) is 0 Å². The maximum absolute atomic E-state index is 12.7. The molecule has 2 heterocycles. The smallest absolute Gasteiger partial charge is 0.316 e. The highest BCUT2D eigenvalue weighted by molar-refractivity contribution is 6.08. The predicted molar refractivity (Wildman–Crippen MR) is 72.6 cm³/mol. The van der Waals surface area contributed by atoms with Crippen molar-refractivity contribution in [2.45, 2.75) is 19.3 Å². The van der Waals surface area contributed by atoms with Gasteiger partial charge in [0.15, 0.2) is 0 Å². The molecule has 0 saturated heterocycles. The zero-order valence-electron chi connectivity index (χ0n) is 12.0. The first kappa shape index (κ1) is 17.8. The van der Waals surface area contributed by atoms with Gasteiger partial charge in [0, 0.05) is 11.9 Å². The highest BCUT2D eigenvalue weighted by atomic mass is 19.4. The monoisotopic (exact) mass is 349 g/mol. The van der Waals surface area contributed by atoms with Crippen LogP contribution in [0.25, 0.3) is 11.6 Å². The molecule has 0 aliphatic carbocycles. The molecule has 0 aromatic carbocycles. The Morgan fingerprint density at radius 2 is 1.67 bits per heavy atom. The number of halogens is 6. The lowest BCUT2D eigenvalue weighted by molar-refractivity contribution is -0.165. The zero-order chi connectivity index (χ0) is 18.3. The second-order valence-electron chi connectivity index (χ2n) is 4.86. The quantitative estimate of drug-likeness (QED) is 0.475. The Hall–Kier alpha value is -2.58. The van der Waals surface area contributed by atoms with E-state index in [0.29, 0.717) is 0 Å². The van der Waals surface area contributed by atoms with Crippen molar-refractivity contribution in [3.8, 4) is 0 Å². The summed E-state index contributed by atoms with van der Waals surface area (Å²) in [5.74, 6) is -4.26. The molecular formula is C15H9F6NO2. The molecule has 0 spiro atoms. The van der Waals surface area contributed by atoms with Crippen molar-refractivity contribution in [1.82, 2.24) is 4.40 Å². The third kappa shape index (κ3) is 3.19. The summed E-state index contributed by atoms with van der Waals surface area (Å²) < 4.78 is 76.1. The topological polar surface area (TPSA) is 38.5 Å². The third-order valence-corrected chi connectivity index (χ3v) is 3.29. The first-order valence-corrected chi connectivity index (χ1v) is 6.45. The molecule has 2 aromatic rings. The fourth-order valence-corrected chi connectivity index (χ4v) is 2.24. The first-order valence-electron chi connectivity index (χ1n) is 6.45. The number of fused-ring (bicyclic) bond motifs is 1. The van der Waals surface area contributed by atoms with Crippen LogP contribution < -0.4 is 0 Å². The van der Waals surface area contributed by atoms with Gasteiger partial charge in [0.1, 0.15) is 0 Å². The molecule has 0 aliphatic heterocycles. The van der Waals surface area contributed by atoms with Crippen LogP contribution in [0.3, 0.4) is 0 Å². The van der Waals surface area contributed by atoms with Crippen molar-refractivity contribution in [1.29, 1.82) is 0 Å². The highest BCUT2D eigenvalue weighted by Crippen LogP contribution is 2.31. The molecule has 128 valence electrons. The molecule has 0 N–H and O–H groups in total. The van der Waals surface area contributed by atoms with Crippen molar-refractivity contribution in [2.24, 2.45) is 0 Å². The molecule has 2 aromatic heterocycles. The summed E-state index contributed by atoms with van der Waals surface area (Å²) in [4.78, 5) is 22.5. The van der Waals surface area contributed by atoms with Crippen LogP contribution in [0.1, 0.15) is 21.6 Å². The van der Waals surface area contributed by atoms with Gasteiger partial charge in [-0.3, -0.25) is 9.59 Å². The second-order valence-corrected chi connectivity index (χ2v) is 4.86. The molecule has 0 saturated carbocycles. The summed E-state index contributed by atoms with van der Waals surface area (Å²) in [6, 6.07) is 4.04. The number of ketones is 2. The standard InChI is InChI=1S/C15H9F6NO2/c1-8-9(5-6-11(23)14(16,17)18)22-7-3-2-4-10(22)12(8)13(24)15(19,20)21/h2-7H,1H3/b6-5+. The van der Waals surface area contributed by atoms with E-state index in [-0.39, 0.29) is 22.9 Å². The zero-order valence-corrected chi connectivity index (χ0v) is 12.0. The van der Waals surface area contributed by atoms with E-state index in [1.807, 2.05) is 0 Å². The van der Waals surface area contributed by atoms with Crippen LogP contribution in [0.15, 0.2) is 30.5 Å². The van der Waals surface area contributed by atoms with Crippen molar-refractivity contribution in [3.63, 3.8) is 0 Å². The van der Waals surface area contributed by atoms with Crippen LogP contribution in [0, 0.1) is 6.92 Å². The molecule has 0 bridgehead atoms. The molecule has 0 atom stereocenters. The minimum absolute atomic E-state index is 0.114. The SMILES string of the molecule is Cc1c(C(=O)C(F)(F)F)c2ccccn2c1/C=C/C(=O)C(F)(F)F. The van der Waals surface area contributed by atoms with Gasteiger partial charge in [-0.2, -0.15) is 26.3 Å². The van der Waals surface area contributed by atoms with E-state index in [1.165, 1.54) is 31.3 Å². The Labute approximate surface area is 131 Å². The van der Waals surface area contributed by atoms with Gasteiger partial charge in [-0.25, -0.2) is 0 Å². The summed E-state index contributed by atoms with van der Waals surface area (Å²) >= 11 is 0. The van der Waals surface area contributed by atoms with Crippen LogP contribution in [-0.2, 0) is 4.79 Å². The minimum Gasteiger partial charge on any atom is -0.316 e. The third-order valence-electron chi connectivity index (χ3n) is 3.29. The number of pyridine rings is 1. The number of alkyl halides is 6. The lowest BCUT2D eigenvalue weighted by atomic mass is 10.1. The summed E-state index contributed by atoms with van der Waals surface area (Å²) in [6.07, 6.45) is -7.99. The molecule has 3 nitrogen and oxygen atoms in total. The van der Waals surface area contributed by atoms with Crippen molar-refractivity contribution < 1.29 is 35.9 Å². The molecule has 2 rings (SSSR count). The first-order chi connectivity index (χ1) is 10.9. The molecule has 0 radical (unpaired) electrons. The second kappa shape index (κ2) is 5.81. The fraction of sp³-hybridized carbons (Fsp3) is 0.200. The maximum Gasteiger partial charge on any atom is 0.454 e. The van der Waals surface area contributed by atoms with Gasteiger partial charge in [-0.05, 0) is 36.8 Å². The molecule has 9 heteroatoms. The van der Waals surface area contributed by atoms with Crippen LogP contribution >= 0.6 is 0 Å². The number of carbonyl (C=O) groups excluding carboxylic acids is 2. The summed E-state index contributed by atoms with van der Waals surface area (Å²) in [5, 5.41) is 0. The van der Waals surface area contributed by atoms with Gasteiger partial charge in [0.25, 0.3) is 11.6 Å². The summed E-state index contributed by atoms with van der Waals surface area (Å²) in [6.45, 7) is 1.17. The Balaban J connectivity index is 2.65. The van der Waals surface area contributed by atoms with Gasteiger partial charge >= 0.3 is 12.4 Å². The molecule has 24 heavy (non-hydrogen) atoms. The lowest BCUT2D eigenvalue weighted by Crippen LogP contribution is -2.23. The van der Waals surface area contributed by atoms with Crippen molar-refractivity contribution >= 4 is 23.2 Å². The predicted octanol–water partition coefficient (Wildman–Crippen LogP) is 4.14. The Morgan fingerprint density at radius 3 is 2.21 bits per heavy atom. The number of nitrogens with zero attached hydrogens (tertiary/aromatic N) is 1. The highest BCUT2D eigenvalue weighted by Gasteiger charge is 2.42. The van der Waals surface area contributed by atoms with Crippen LogP contribution in [0.4, 0.5) is 26.3 Å². The number of hydrogen-bond acceptors (Lipinski definition) is 2. The fourth-order valence-electron chi connectivity index (χ4n) is 2.24. The summed E-state index contributed by atoms with van der Waals surface area (Å²) in [5.41, 5.74) is -1.07. The van der Waals surface area contributed by atoms with E-state index in [2.05, 4.69) is 0 Å². The minimum atomic E-state index is -5.13.